The normalized spacial score (nSPS) is 16.2. The van der Waals surface area contributed by atoms with Crippen LogP contribution in [0.5, 0.6) is 0 Å². The minimum absolute atomic E-state index is 0.0240. The fourth-order valence-corrected chi connectivity index (χ4v) is 3.27. The van der Waals surface area contributed by atoms with E-state index in [0.29, 0.717) is 36.7 Å². The van der Waals surface area contributed by atoms with E-state index in [2.05, 4.69) is 24.8 Å². The van der Waals surface area contributed by atoms with Crippen LogP contribution in [-0.2, 0) is 12.7 Å². The van der Waals surface area contributed by atoms with Crippen molar-refractivity contribution >= 4 is 28.6 Å². The van der Waals surface area contributed by atoms with Crippen molar-refractivity contribution in [2.24, 2.45) is 0 Å². The van der Waals surface area contributed by atoms with Gasteiger partial charge in [-0.25, -0.2) is 15.0 Å². The second kappa shape index (κ2) is 6.97. The SMILES string of the molecule is FC(F)(F)c1nc(N2CCN(Cc3ccc(Cl)cc3)CC2)c2[nH]cnc2n1. The van der Waals surface area contributed by atoms with Crippen LogP contribution in [0.4, 0.5) is 19.0 Å². The Morgan fingerprint density at radius 2 is 1.74 bits per heavy atom. The molecule has 1 fully saturated rings. The molecule has 4 rings (SSSR count). The van der Waals surface area contributed by atoms with Crippen molar-refractivity contribution in [3.8, 4) is 0 Å². The summed E-state index contributed by atoms with van der Waals surface area (Å²) in [4.78, 5) is 18.1. The van der Waals surface area contributed by atoms with Crippen LogP contribution in [0, 0.1) is 0 Å². The van der Waals surface area contributed by atoms with Gasteiger partial charge in [-0.15, -0.1) is 0 Å². The summed E-state index contributed by atoms with van der Waals surface area (Å²) in [5.74, 6) is -0.920. The van der Waals surface area contributed by atoms with Crippen molar-refractivity contribution in [1.29, 1.82) is 0 Å². The molecule has 10 heteroatoms. The fraction of sp³-hybridized carbons (Fsp3) is 0.353. The Bertz CT molecular complexity index is 932. The molecular weight excluding hydrogens is 381 g/mol. The Kier molecular flexibility index (Phi) is 4.65. The summed E-state index contributed by atoms with van der Waals surface area (Å²) in [6, 6.07) is 7.65. The lowest BCUT2D eigenvalue weighted by Gasteiger charge is -2.35. The molecule has 3 aromatic rings. The zero-order valence-electron chi connectivity index (χ0n) is 14.2. The van der Waals surface area contributed by atoms with Gasteiger partial charge < -0.3 is 9.88 Å². The van der Waals surface area contributed by atoms with Crippen molar-refractivity contribution in [1.82, 2.24) is 24.8 Å². The zero-order chi connectivity index (χ0) is 19.0. The predicted molar refractivity (Wildman–Crippen MR) is 95.6 cm³/mol. The third-order valence-corrected chi connectivity index (χ3v) is 4.76. The van der Waals surface area contributed by atoms with Gasteiger partial charge in [-0.3, -0.25) is 4.90 Å². The van der Waals surface area contributed by atoms with Crippen LogP contribution in [0.25, 0.3) is 11.2 Å². The largest absolute Gasteiger partial charge is 0.451 e. The number of nitrogens with one attached hydrogen (secondary N) is 1. The highest BCUT2D eigenvalue weighted by atomic mass is 35.5. The molecule has 1 aliphatic heterocycles. The highest BCUT2D eigenvalue weighted by Crippen LogP contribution is 2.31. The van der Waals surface area contributed by atoms with Gasteiger partial charge in [0.15, 0.2) is 11.5 Å². The number of hydrogen-bond acceptors (Lipinski definition) is 5. The lowest BCUT2D eigenvalue weighted by molar-refractivity contribution is -0.144. The first kappa shape index (κ1) is 18.0. The van der Waals surface area contributed by atoms with Gasteiger partial charge in [0.1, 0.15) is 5.52 Å². The average molecular weight is 397 g/mol. The summed E-state index contributed by atoms with van der Waals surface area (Å²) >= 11 is 5.90. The number of piperazine rings is 1. The number of nitrogens with zero attached hydrogens (tertiary/aromatic N) is 5. The Balaban J connectivity index is 1.51. The number of anilines is 1. The molecule has 1 N–H and O–H groups in total. The first-order valence-corrected chi connectivity index (χ1v) is 8.78. The minimum Gasteiger partial charge on any atom is -0.352 e. The number of alkyl halides is 3. The predicted octanol–water partition coefficient (Wildman–Crippen LogP) is 3.35. The van der Waals surface area contributed by atoms with E-state index in [0.717, 1.165) is 12.1 Å². The Labute approximate surface area is 158 Å². The van der Waals surface area contributed by atoms with Crippen LogP contribution in [-0.4, -0.2) is 51.0 Å². The Hall–Kier alpha value is -2.39. The van der Waals surface area contributed by atoms with Crippen LogP contribution >= 0.6 is 11.6 Å². The number of halogens is 4. The maximum Gasteiger partial charge on any atom is 0.451 e. The van der Waals surface area contributed by atoms with Crippen LogP contribution in [0.2, 0.25) is 5.02 Å². The number of rotatable bonds is 3. The van der Waals surface area contributed by atoms with E-state index in [1.54, 1.807) is 0 Å². The Morgan fingerprint density at radius 1 is 1.04 bits per heavy atom. The molecule has 0 saturated carbocycles. The fourth-order valence-electron chi connectivity index (χ4n) is 3.14. The van der Waals surface area contributed by atoms with Crippen LogP contribution < -0.4 is 4.90 Å². The van der Waals surface area contributed by atoms with Gasteiger partial charge in [0.25, 0.3) is 0 Å². The third-order valence-electron chi connectivity index (χ3n) is 4.51. The Morgan fingerprint density at radius 3 is 2.41 bits per heavy atom. The van der Waals surface area contributed by atoms with Crippen LogP contribution in [0.1, 0.15) is 11.4 Å². The van der Waals surface area contributed by atoms with E-state index < -0.39 is 12.0 Å². The van der Waals surface area contributed by atoms with Crippen molar-refractivity contribution < 1.29 is 13.2 Å². The lowest BCUT2D eigenvalue weighted by atomic mass is 10.2. The van der Waals surface area contributed by atoms with Gasteiger partial charge in [0.2, 0.25) is 5.82 Å². The van der Waals surface area contributed by atoms with Crippen molar-refractivity contribution in [3.05, 3.63) is 47.0 Å². The van der Waals surface area contributed by atoms with E-state index in [1.807, 2.05) is 29.2 Å². The van der Waals surface area contributed by atoms with Gasteiger partial charge in [-0.2, -0.15) is 13.2 Å². The molecule has 0 aliphatic carbocycles. The molecule has 2 aromatic heterocycles. The molecule has 0 radical (unpaired) electrons. The average Bonchev–Trinajstić information content (AvgIpc) is 3.11. The van der Waals surface area contributed by atoms with Crippen LogP contribution in [0.3, 0.4) is 0 Å². The molecule has 1 aliphatic rings. The summed E-state index contributed by atoms with van der Waals surface area (Å²) in [7, 11) is 0. The van der Waals surface area contributed by atoms with Crippen molar-refractivity contribution in [3.63, 3.8) is 0 Å². The molecule has 0 spiro atoms. The monoisotopic (exact) mass is 396 g/mol. The summed E-state index contributed by atoms with van der Waals surface area (Å²) in [5.41, 5.74) is 1.59. The maximum absolute atomic E-state index is 13.1. The van der Waals surface area contributed by atoms with E-state index >= 15 is 0 Å². The summed E-state index contributed by atoms with van der Waals surface area (Å²) in [6.07, 6.45) is -3.28. The molecule has 27 heavy (non-hydrogen) atoms. The molecule has 142 valence electrons. The number of benzene rings is 1. The van der Waals surface area contributed by atoms with Crippen molar-refractivity contribution in [2.45, 2.75) is 12.7 Å². The number of imidazole rings is 1. The van der Waals surface area contributed by atoms with Gasteiger partial charge in [-0.05, 0) is 17.7 Å². The molecule has 6 nitrogen and oxygen atoms in total. The summed E-state index contributed by atoms with van der Waals surface area (Å²) in [5, 5.41) is 0.691. The second-order valence-corrected chi connectivity index (χ2v) is 6.80. The number of hydrogen-bond donors (Lipinski definition) is 1. The van der Waals surface area contributed by atoms with E-state index in [-0.39, 0.29) is 11.5 Å². The number of fused-ring (bicyclic) bond motifs is 1. The van der Waals surface area contributed by atoms with Gasteiger partial charge in [0, 0.05) is 37.7 Å². The molecule has 0 atom stereocenters. The number of aromatic amines is 1. The number of aromatic nitrogens is 4. The number of H-pyrrole nitrogens is 1. The highest BCUT2D eigenvalue weighted by molar-refractivity contribution is 6.30. The lowest BCUT2D eigenvalue weighted by Crippen LogP contribution is -2.46. The maximum atomic E-state index is 13.1. The van der Waals surface area contributed by atoms with Gasteiger partial charge >= 0.3 is 6.18 Å². The molecule has 0 unspecified atom stereocenters. The van der Waals surface area contributed by atoms with Crippen LogP contribution in [0.15, 0.2) is 30.6 Å². The zero-order valence-corrected chi connectivity index (χ0v) is 14.9. The molecule has 1 saturated heterocycles. The smallest absolute Gasteiger partial charge is 0.352 e. The minimum atomic E-state index is -4.61. The van der Waals surface area contributed by atoms with E-state index in [4.69, 9.17) is 11.6 Å². The third kappa shape index (κ3) is 3.84. The van der Waals surface area contributed by atoms with Gasteiger partial charge in [-0.1, -0.05) is 23.7 Å². The molecular formula is C17H16ClF3N6. The van der Waals surface area contributed by atoms with Gasteiger partial charge in [0.05, 0.1) is 6.33 Å². The summed E-state index contributed by atoms with van der Waals surface area (Å²) in [6.45, 7) is 3.32. The topological polar surface area (TPSA) is 60.9 Å². The molecule has 0 bridgehead atoms. The second-order valence-electron chi connectivity index (χ2n) is 6.36. The molecule has 0 amide bonds. The van der Waals surface area contributed by atoms with E-state index in [9.17, 15) is 13.2 Å². The quantitative estimate of drug-likeness (QED) is 0.735. The first-order valence-electron chi connectivity index (χ1n) is 8.40. The summed E-state index contributed by atoms with van der Waals surface area (Å²) < 4.78 is 39.3. The highest BCUT2D eigenvalue weighted by Gasteiger charge is 2.36. The molecule has 1 aromatic carbocycles. The van der Waals surface area contributed by atoms with E-state index in [1.165, 1.54) is 6.33 Å². The standard InChI is InChI=1S/C17H16ClF3N6/c18-12-3-1-11(2-4-12)9-26-5-7-27(8-6-26)15-13-14(23-10-22-13)24-16(25-15)17(19,20)21/h1-4,10H,5-9H2,(H,22,23,24,25). The van der Waals surface area contributed by atoms with Crippen molar-refractivity contribution in [2.75, 3.05) is 31.1 Å². The first-order chi connectivity index (χ1) is 12.9. The molecule has 3 heterocycles.